The zero-order chi connectivity index (χ0) is 19.7. The Kier molecular flexibility index (Phi) is 4.82. The van der Waals surface area contributed by atoms with Crippen LogP contribution in [0.5, 0.6) is 0 Å². The molecule has 0 saturated heterocycles. The van der Waals surface area contributed by atoms with Gasteiger partial charge in [0.05, 0.1) is 10.8 Å². The van der Waals surface area contributed by atoms with Gasteiger partial charge in [0.2, 0.25) is 5.91 Å². The number of nitrogens with one attached hydrogen (secondary N) is 2. The minimum Gasteiger partial charge on any atom is -0.411 e. The summed E-state index contributed by atoms with van der Waals surface area (Å²) in [5, 5.41) is 11.1. The van der Waals surface area contributed by atoms with E-state index in [0.29, 0.717) is 5.89 Å². The summed E-state index contributed by atoms with van der Waals surface area (Å²) in [6.45, 7) is 1.65. The van der Waals surface area contributed by atoms with E-state index in [2.05, 4.69) is 20.5 Å². The van der Waals surface area contributed by atoms with Crippen molar-refractivity contribution in [2.45, 2.75) is 17.4 Å². The van der Waals surface area contributed by atoms with Gasteiger partial charge in [0.1, 0.15) is 0 Å². The highest BCUT2D eigenvalue weighted by atomic mass is 32.2. The minimum absolute atomic E-state index is 0.168. The minimum atomic E-state index is -1.03. The maximum Gasteiger partial charge on any atom is 0.277 e. The third-order valence-electron chi connectivity index (χ3n) is 4.06. The van der Waals surface area contributed by atoms with E-state index < -0.39 is 22.8 Å². The molecule has 28 heavy (non-hydrogen) atoms. The predicted octanol–water partition coefficient (Wildman–Crippen LogP) is 4.62. The molecule has 1 amide bonds. The molecular weight excluding hydrogens is 386 g/mol. The molecule has 2 aromatic heterocycles. The molecule has 2 aromatic carbocycles. The zero-order valence-corrected chi connectivity index (χ0v) is 15.4. The van der Waals surface area contributed by atoms with Gasteiger partial charge >= 0.3 is 0 Å². The van der Waals surface area contributed by atoms with Crippen LogP contribution in [0.2, 0.25) is 0 Å². The fourth-order valence-corrected chi connectivity index (χ4v) is 3.32. The van der Waals surface area contributed by atoms with Crippen LogP contribution in [0.25, 0.3) is 22.4 Å². The van der Waals surface area contributed by atoms with Crippen molar-refractivity contribution in [1.82, 2.24) is 15.2 Å². The van der Waals surface area contributed by atoms with Crippen LogP contribution in [0.1, 0.15) is 6.92 Å². The van der Waals surface area contributed by atoms with Gasteiger partial charge in [-0.25, -0.2) is 8.78 Å². The number of carbonyl (C=O) groups is 1. The summed E-state index contributed by atoms with van der Waals surface area (Å²) in [5.41, 5.74) is 1.89. The maximum atomic E-state index is 13.3. The van der Waals surface area contributed by atoms with Crippen LogP contribution in [0.4, 0.5) is 14.5 Å². The van der Waals surface area contributed by atoms with E-state index in [0.717, 1.165) is 40.4 Å². The van der Waals surface area contributed by atoms with Crippen molar-refractivity contribution in [3.63, 3.8) is 0 Å². The van der Waals surface area contributed by atoms with Crippen molar-refractivity contribution in [2.75, 3.05) is 5.32 Å². The lowest BCUT2D eigenvalue weighted by atomic mass is 10.2. The number of carbonyl (C=O) groups excluding carboxylic acids is 1. The van der Waals surface area contributed by atoms with E-state index in [1.54, 1.807) is 13.1 Å². The number of anilines is 1. The third kappa shape index (κ3) is 3.61. The fraction of sp³-hybridized carbons (Fsp3) is 0.105. The summed E-state index contributed by atoms with van der Waals surface area (Å²) < 4.78 is 31.9. The van der Waals surface area contributed by atoms with Crippen LogP contribution in [0.15, 0.2) is 58.3 Å². The van der Waals surface area contributed by atoms with E-state index in [1.807, 2.05) is 24.3 Å². The van der Waals surface area contributed by atoms with Gasteiger partial charge in [0.25, 0.3) is 11.1 Å². The number of fused-ring (bicyclic) bond motifs is 1. The van der Waals surface area contributed by atoms with Crippen molar-refractivity contribution >= 4 is 34.3 Å². The fourth-order valence-electron chi connectivity index (χ4n) is 2.64. The Balaban J connectivity index is 1.45. The zero-order valence-electron chi connectivity index (χ0n) is 14.6. The number of aromatic nitrogens is 3. The largest absolute Gasteiger partial charge is 0.411 e. The number of para-hydroxylation sites is 1. The van der Waals surface area contributed by atoms with Gasteiger partial charge in [-0.05, 0) is 25.1 Å². The first-order valence-electron chi connectivity index (χ1n) is 8.34. The van der Waals surface area contributed by atoms with Crippen LogP contribution in [0.3, 0.4) is 0 Å². The molecule has 1 atom stereocenters. The van der Waals surface area contributed by atoms with Crippen molar-refractivity contribution in [3.05, 3.63) is 60.3 Å². The number of nitrogens with zero attached hydrogens (tertiary/aromatic N) is 2. The van der Waals surface area contributed by atoms with Gasteiger partial charge < -0.3 is 14.7 Å². The number of H-pyrrole nitrogens is 1. The second kappa shape index (κ2) is 7.43. The van der Waals surface area contributed by atoms with Gasteiger partial charge in [0, 0.05) is 28.9 Å². The van der Waals surface area contributed by atoms with Crippen LogP contribution in [-0.4, -0.2) is 26.3 Å². The second-order valence-corrected chi connectivity index (χ2v) is 7.29. The first-order chi connectivity index (χ1) is 13.5. The molecule has 0 radical (unpaired) electrons. The van der Waals surface area contributed by atoms with Crippen LogP contribution in [0, 0.1) is 11.6 Å². The van der Waals surface area contributed by atoms with Crippen molar-refractivity contribution < 1.29 is 18.0 Å². The number of hydrogen-bond acceptors (Lipinski definition) is 5. The molecular formula is C19H14F2N4O2S. The lowest BCUT2D eigenvalue weighted by Gasteiger charge is -2.10. The van der Waals surface area contributed by atoms with E-state index in [4.69, 9.17) is 4.42 Å². The molecule has 0 aliphatic heterocycles. The van der Waals surface area contributed by atoms with Crippen molar-refractivity contribution in [1.29, 1.82) is 0 Å². The lowest BCUT2D eigenvalue weighted by Crippen LogP contribution is -2.22. The molecule has 0 aliphatic carbocycles. The Morgan fingerprint density at radius 2 is 2.00 bits per heavy atom. The molecule has 0 spiro atoms. The number of rotatable bonds is 5. The Hall–Kier alpha value is -3.20. The van der Waals surface area contributed by atoms with Crippen LogP contribution in [-0.2, 0) is 4.79 Å². The Morgan fingerprint density at radius 1 is 1.18 bits per heavy atom. The molecule has 0 bridgehead atoms. The average Bonchev–Trinajstić information content (AvgIpc) is 3.31. The molecule has 2 heterocycles. The average molecular weight is 400 g/mol. The van der Waals surface area contributed by atoms with E-state index in [9.17, 15) is 13.6 Å². The maximum absolute atomic E-state index is 13.3. The van der Waals surface area contributed by atoms with Crippen LogP contribution < -0.4 is 5.32 Å². The van der Waals surface area contributed by atoms with Gasteiger partial charge in [-0.15, -0.1) is 10.2 Å². The molecule has 4 rings (SSSR count). The summed E-state index contributed by atoms with van der Waals surface area (Å²) in [4.78, 5) is 15.4. The molecule has 2 N–H and O–H groups in total. The normalized spacial score (nSPS) is 12.2. The van der Waals surface area contributed by atoms with Crippen LogP contribution >= 0.6 is 11.8 Å². The molecule has 142 valence electrons. The van der Waals surface area contributed by atoms with Gasteiger partial charge in [-0.1, -0.05) is 30.0 Å². The lowest BCUT2D eigenvalue weighted by molar-refractivity contribution is -0.115. The highest BCUT2D eigenvalue weighted by molar-refractivity contribution is 8.00. The standard InChI is InChI=1S/C19H14F2N4O2S/c1-10(17(26)23-11-6-7-14(20)15(21)8-11)28-19-25-24-18(27-19)13-9-22-16-5-3-2-4-12(13)16/h2-10,22H,1H3,(H,23,26)/t10-/m1/s1. The van der Waals surface area contributed by atoms with Crippen molar-refractivity contribution in [2.24, 2.45) is 0 Å². The number of halogens is 2. The smallest absolute Gasteiger partial charge is 0.277 e. The monoisotopic (exact) mass is 400 g/mol. The Morgan fingerprint density at radius 3 is 2.82 bits per heavy atom. The highest BCUT2D eigenvalue weighted by Crippen LogP contribution is 2.31. The molecule has 6 nitrogen and oxygen atoms in total. The SMILES string of the molecule is C[C@@H](Sc1nnc(-c2c[nH]c3ccccc23)o1)C(=O)Nc1ccc(F)c(F)c1. The summed E-state index contributed by atoms with van der Waals surface area (Å²) >= 11 is 1.07. The number of aromatic amines is 1. The summed E-state index contributed by atoms with van der Waals surface area (Å²) in [7, 11) is 0. The molecule has 9 heteroatoms. The first kappa shape index (κ1) is 18.2. The van der Waals surface area contributed by atoms with Gasteiger partial charge in [0.15, 0.2) is 11.6 Å². The number of amides is 1. The van der Waals surface area contributed by atoms with Gasteiger partial charge in [-0.3, -0.25) is 4.79 Å². The number of benzene rings is 2. The first-order valence-corrected chi connectivity index (χ1v) is 9.22. The summed E-state index contributed by atoms with van der Waals surface area (Å²) in [6.07, 6.45) is 1.78. The quantitative estimate of drug-likeness (QED) is 0.478. The molecule has 0 aliphatic rings. The second-order valence-electron chi connectivity index (χ2n) is 6.00. The molecule has 0 unspecified atom stereocenters. The summed E-state index contributed by atoms with van der Waals surface area (Å²) in [5.74, 6) is -2.06. The molecule has 0 saturated carbocycles. The van der Waals surface area contributed by atoms with E-state index in [1.165, 1.54) is 6.07 Å². The van der Waals surface area contributed by atoms with Crippen molar-refractivity contribution in [3.8, 4) is 11.5 Å². The predicted molar refractivity (Wildman–Crippen MR) is 102 cm³/mol. The number of thioether (sulfide) groups is 1. The highest BCUT2D eigenvalue weighted by Gasteiger charge is 2.20. The summed E-state index contributed by atoms with van der Waals surface area (Å²) in [6, 6.07) is 10.9. The van der Waals surface area contributed by atoms with Gasteiger partial charge in [-0.2, -0.15) is 0 Å². The van der Waals surface area contributed by atoms with E-state index in [-0.39, 0.29) is 10.9 Å². The molecule has 0 fully saturated rings. The number of hydrogen-bond donors (Lipinski definition) is 2. The Bertz CT molecular complexity index is 1160. The molecule has 4 aromatic rings. The Labute approximate surface area is 162 Å². The third-order valence-corrected chi connectivity index (χ3v) is 4.99. The topological polar surface area (TPSA) is 83.8 Å². The van der Waals surface area contributed by atoms with E-state index >= 15 is 0 Å².